The van der Waals surface area contributed by atoms with E-state index in [4.69, 9.17) is 27.9 Å². The molecule has 0 saturated carbocycles. The summed E-state index contributed by atoms with van der Waals surface area (Å²) in [6.07, 6.45) is 1.12. The Morgan fingerprint density at radius 1 is 1.10 bits per heavy atom. The highest BCUT2D eigenvalue weighted by Gasteiger charge is 2.08. The molecular formula is C16H16BrCl2NO. The van der Waals surface area contributed by atoms with Crippen LogP contribution in [0.5, 0.6) is 11.5 Å². The highest BCUT2D eigenvalue weighted by molar-refractivity contribution is 9.10. The maximum absolute atomic E-state index is 6.11. The third kappa shape index (κ3) is 4.89. The van der Waals surface area contributed by atoms with Gasteiger partial charge in [-0.25, -0.2) is 0 Å². The predicted molar refractivity (Wildman–Crippen MR) is 92.7 cm³/mol. The zero-order valence-electron chi connectivity index (χ0n) is 11.6. The van der Waals surface area contributed by atoms with Crippen LogP contribution >= 0.6 is 39.1 Å². The fraction of sp³-hybridized carbons (Fsp3) is 0.250. The van der Waals surface area contributed by atoms with Gasteiger partial charge in [-0.05, 0) is 58.7 Å². The number of ether oxygens (including phenoxy) is 1. The van der Waals surface area contributed by atoms with E-state index in [-0.39, 0.29) is 0 Å². The summed E-state index contributed by atoms with van der Waals surface area (Å²) in [6.45, 7) is 3.99. The van der Waals surface area contributed by atoms with Gasteiger partial charge in [0.05, 0.1) is 9.50 Å². The molecule has 0 fully saturated rings. The molecule has 2 aromatic carbocycles. The van der Waals surface area contributed by atoms with Crippen molar-refractivity contribution in [3.8, 4) is 11.5 Å². The van der Waals surface area contributed by atoms with Gasteiger partial charge in [0.15, 0.2) is 0 Å². The second-order valence-electron chi connectivity index (χ2n) is 4.62. The molecule has 0 spiro atoms. The van der Waals surface area contributed by atoms with E-state index in [0.717, 1.165) is 24.0 Å². The highest BCUT2D eigenvalue weighted by Crippen LogP contribution is 2.35. The van der Waals surface area contributed by atoms with E-state index in [1.54, 1.807) is 18.2 Å². The van der Waals surface area contributed by atoms with Crippen LogP contribution in [0.4, 0.5) is 0 Å². The molecular weight excluding hydrogens is 373 g/mol. The highest BCUT2D eigenvalue weighted by atomic mass is 79.9. The molecule has 0 aliphatic carbocycles. The van der Waals surface area contributed by atoms with Gasteiger partial charge in [-0.15, -0.1) is 0 Å². The average molecular weight is 389 g/mol. The zero-order valence-corrected chi connectivity index (χ0v) is 14.7. The molecule has 5 heteroatoms. The fourth-order valence-electron chi connectivity index (χ4n) is 1.82. The predicted octanol–water partition coefficient (Wildman–Crippen LogP) is 6.05. The largest absolute Gasteiger partial charge is 0.455 e. The maximum Gasteiger partial charge on any atom is 0.147 e. The van der Waals surface area contributed by atoms with Crippen LogP contribution in [0.1, 0.15) is 18.9 Å². The van der Waals surface area contributed by atoms with E-state index in [9.17, 15) is 0 Å². The molecule has 112 valence electrons. The van der Waals surface area contributed by atoms with Crippen LogP contribution in [-0.2, 0) is 6.54 Å². The Morgan fingerprint density at radius 3 is 2.62 bits per heavy atom. The standard InChI is InChI=1S/C16H16BrCl2NO/c1-2-7-20-10-11-3-6-15(13(17)8-11)21-16-9-12(18)4-5-14(16)19/h3-6,8-9,20H,2,7,10H2,1H3. The lowest BCUT2D eigenvalue weighted by atomic mass is 10.2. The average Bonchev–Trinajstić information content (AvgIpc) is 2.46. The van der Waals surface area contributed by atoms with Gasteiger partial charge in [-0.1, -0.05) is 36.2 Å². The van der Waals surface area contributed by atoms with E-state index < -0.39 is 0 Å². The van der Waals surface area contributed by atoms with E-state index >= 15 is 0 Å². The minimum atomic E-state index is 0.528. The van der Waals surface area contributed by atoms with Crippen molar-refractivity contribution in [2.75, 3.05) is 6.54 Å². The number of rotatable bonds is 6. The van der Waals surface area contributed by atoms with Crippen molar-refractivity contribution in [3.63, 3.8) is 0 Å². The monoisotopic (exact) mass is 387 g/mol. The van der Waals surface area contributed by atoms with E-state index in [2.05, 4.69) is 28.2 Å². The summed E-state index contributed by atoms with van der Waals surface area (Å²) in [5.74, 6) is 1.25. The first-order valence-electron chi connectivity index (χ1n) is 6.72. The third-order valence-electron chi connectivity index (χ3n) is 2.87. The van der Waals surface area contributed by atoms with Gasteiger partial charge in [-0.2, -0.15) is 0 Å². The van der Waals surface area contributed by atoms with Gasteiger partial charge < -0.3 is 10.1 Å². The molecule has 0 aliphatic heterocycles. The maximum atomic E-state index is 6.11. The third-order valence-corrected chi connectivity index (χ3v) is 4.03. The van der Waals surface area contributed by atoms with Gasteiger partial charge in [-0.3, -0.25) is 0 Å². The summed E-state index contributed by atoms with van der Waals surface area (Å²) in [6, 6.07) is 11.1. The topological polar surface area (TPSA) is 21.3 Å². The first kappa shape index (κ1) is 16.6. The SMILES string of the molecule is CCCNCc1ccc(Oc2cc(Cl)ccc2Cl)c(Br)c1. The second kappa shape index (κ2) is 8.04. The summed E-state index contributed by atoms with van der Waals surface area (Å²) in [5.41, 5.74) is 1.19. The molecule has 21 heavy (non-hydrogen) atoms. The first-order chi connectivity index (χ1) is 10.1. The van der Waals surface area contributed by atoms with Gasteiger partial charge in [0, 0.05) is 17.6 Å². The van der Waals surface area contributed by atoms with Crippen molar-refractivity contribution < 1.29 is 4.74 Å². The van der Waals surface area contributed by atoms with Crippen LogP contribution in [-0.4, -0.2) is 6.54 Å². The molecule has 0 atom stereocenters. The second-order valence-corrected chi connectivity index (χ2v) is 6.32. The molecule has 0 aromatic heterocycles. The summed E-state index contributed by atoms with van der Waals surface area (Å²) >= 11 is 15.6. The van der Waals surface area contributed by atoms with Crippen molar-refractivity contribution >= 4 is 39.1 Å². The van der Waals surface area contributed by atoms with Crippen LogP contribution in [0.25, 0.3) is 0 Å². The molecule has 0 bridgehead atoms. The van der Waals surface area contributed by atoms with E-state index in [1.165, 1.54) is 5.56 Å². The number of hydrogen-bond acceptors (Lipinski definition) is 2. The van der Waals surface area contributed by atoms with Crippen molar-refractivity contribution in [1.82, 2.24) is 5.32 Å². The normalized spacial score (nSPS) is 10.7. The molecule has 0 heterocycles. The Hall–Kier alpha value is -0.740. The van der Waals surface area contributed by atoms with Crippen LogP contribution in [0.2, 0.25) is 10.0 Å². The molecule has 1 N–H and O–H groups in total. The molecule has 0 amide bonds. The van der Waals surface area contributed by atoms with Crippen LogP contribution in [0.3, 0.4) is 0 Å². The smallest absolute Gasteiger partial charge is 0.147 e. The van der Waals surface area contributed by atoms with Gasteiger partial charge >= 0.3 is 0 Å². The van der Waals surface area contributed by atoms with Crippen molar-refractivity contribution in [2.45, 2.75) is 19.9 Å². The summed E-state index contributed by atoms with van der Waals surface area (Å²) in [4.78, 5) is 0. The van der Waals surface area contributed by atoms with E-state index in [0.29, 0.717) is 21.5 Å². The van der Waals surface area contributed by atoms with Crippen LogP contribution in [0, 0.1) is 0 Å². The number of nitrogens with one attached hydrogen (secondary N) is 1. The van der Waals surface area contributed by atoms with Crippen LogP contribution in [0.15, 0.2) is 40.9 Å². The number of halogens is 3. The van der Waals surface area contributed by atoms with Gasteiger partial charge in [0.1, 0.15) is 11.5 Å². The van der Waals surface area contributed by atoms with Crippen molar-refractivity contribution in [3.05, 3.63) is 56.5 Å². The Morgan fingerprint density at radius 2 is 1.90 bits per heavy atom. The quantitative estimate of drug-likeness (QED) is 0.608. The lowest BCUT2D eigenvalue weighted by Crippen LogP contribution is -2.13. The van der Waals surface area contributed by atoms with Crippen LogP contribution < -0.4 is 10.1 Å². The van der Waals surface area contributed by atoms with Gasteiger partial charge in [0.2, 0.25) is 0 Å². The zero-order chi connectivity index (χ0) is 15.2. The molecule has 2 aromatic rings. The Kier molecular flexibility index (Phi) is 6.37. The van der Waals surface area contributed by atoms with E-state index in [1.807, 2.05) is 18.2 Å². The summed E-state index contributed by atoms with van der Waals surface area (Å²) < 4.78 is 6.70. The Balaban J connectivity index is 2.12. The molecule has 0 saturated heterocycles. The lowest BCUT2D eigenvalue weighted by Gasteiger charge is -2.11. The van der Waals surface area contributed by atoms with Crippen molar-refractivity contribution in [1.29, 1.82) is 0 Å². The lowest BCUT2D eigenvalue weighted by molar-refractivity contribution is 0.479. The summed E-state index contributed by atoms with van der Waals surface area (Å²) in [5, 5.41) is 4.48. The Labute approximate surface area is 143 Å². The van der Waals surface area contributed by atoms with Gasteiger partial charge in [0.25, 0.3) is 0 Å². The molecule has 2 rings (SSSR count). The molecule has 0 unspecified atom stereocenters. The first-order valence-corrected chi connectivity index (χ1v) is 8.27. The molecule has 2 nitrogen and oxygen atoms in total. The molecule has 0 radical (unpaired) electrons. The summed E-state index contributed by atoms with van der Waals surface area (Å²) in [7, 11) is 0. The van der Waals surface area contributed by atoms with Crippen molar-refractivity contribution in [2.24, 2.45) is 0 Å². The molecule has 0 aliphatic rings. The fourth-order valence-corrected chi connectivity index (χ4v) is 2.65. The number of benzene rings is 2. The minimum absolute atomic E-state index is 0.528. The minimum Gasteiger partial charge on any atom is -0.455 e. The number of hydrogen-bond donors (Lipinski definition) is 1. The Bertz CT molecular complexity index is 619.